The van der Waals surface area contributed by atoms with Gasteiger partial charge in [0.15, 0.2) is 5.17 Å². The van der Waals surface area contributed by atoms with Crippen LogP contribution in [-0.2, 0) is 5.75 Å². The molecule has 0 unspecified atom stereocenters. The van der Waals surface area contributed by atoms with Crippen LogP contribution in [0.5, 0.6) is 11.5 Å². The summed E-state index contributed by atoms with van der Waals surface area (Å²) < 4.78 is 5.68. The minimum atomic E-state index is 0.112. The molecule has 104 valence electrons. The molecule has 0 aliphatic heterocycles. The molecule has 3 nitrogen and oxygen atoms in total. The van der Waals surface area contributed by atoms with E-state index < -0.39 is 0 Å². The zero-order valence-corrected chi connectivity index (χ0v) is 12.7. The molecule has 6 heteroatoms. The van der Waals surface area contributed by atoms with E-state index >= 15 is 0 Å². The summed E-state index contributed by atoms with van der Waals surface area (Å²) in [6.45, 7) is 0. The Morgan fingerprint density at radius 2 is 1.70 bits per heavy atom. The molecule has 0 bridgehead atoms. The Morgan fingerprint density at radius 1 is 1.05 bits per heavy atom. The number of benzene rings is 2. The molecule has 0 aromatic heterocycles. The van der Waals surface area contributed by atoms with Crippen molar-refractivity contribution in [3.63, 3.8) is 0 Å². The molecule has 0 saturated heterocycles. The fourth-order valence-electron chi connectivity index (χ4n) is 1.49. The van der Waals surface area contributed by atoms with Crippen LogP contribution in [-0.4, -0.2) is 5.17 Å². The van der Waals surface area contributed by atoms with Gasteiger partial charge in [-0.3, -0.25) is 5.41 Å². The lowest BCUT2D eigenvalue weighted by molar-refractivity contribution is 0.482. The Labute approximate surface area is 131 Å². The number of hydrogen-bond acceptors (Lipinski definition) is 3. The molecule has 0 aliphatic rings. The smallest absolute Gasteiger partial charge is 0.151 e. The van der Waals surface area contributed by atoms with Crippen molar-refractivity contribution in [3.8, 4) is 11.5 Å². The molecule has 0 atom stereocenters. The summed E-state index contributed by atoms with van der Waals surface area (Å²) in [5, 5.41) is 8.23. The quantitative estimate of drug-likeness (QED) is 0.619. The SMILES string of the molecule is N=C(N)SCc1ccc(Oc2ccc(Cl)c(Cl)c2)cc1. The van der Waals surface area contributed by atoms with Crippen LogP contribution in [0.15, 0.2) is 42.5 Å². The van der Waals surface area contributed by atoms with Gasteiger partial charge < -0.3 is 10.5 Å². The maximum atomic E-state index is 7.16. The summed E-state index contributed by atoms with van der Waals surface area (Å²) in [7, 11) is 0. The molecule has 3 N–H and O–H groups in total. The topological polar surface area (TPSA) is 59.1 Å². The van der Waals surface area contributed by atoms with E-state index in [0.717, 1.165) is 5.56 Å². The zero-order valence-electron chi connectivity index (χ0n) is 10.4. The van der Waals surface area contributed by atoms with Crippen LogP contribution in [0, 0.1) is 5.41 Å². The van der Waals surface area contributed by atoms with Gasteiger partial charge in [0, 0.05) is 11.8 Å². The fraction of sp³-hybridized carbons (Fsp3) is 0.0714. The van der Waals surface area contributed by atoms with Crippen LogP contribution in [0.3, 0.4) is 0 Å². The Morgan fingerprint density at radius 3 is 2.30 bits per heavy atom. The number of ether oxygens (including phenoxy) is 1. The number of hydrogen-bond donors (Lipinski definition) is 2. The van der Waals surface area contributed by atoms with Gasteiger partial charge in [-0.2, -0.15) is 0 Å². The second kappa shape index (κ2) is 6.88. The van der Waals surface area contributed by atoms with E-state index in [9.17, 15) is 0 Å². The Hall–Kier alpha value is -1.36. The van der Waals surface area contributed by atoms with Gasteiger partial charge in [0.05, 0.1) is 10.0 Å². The van der Waals surface area contributed by atoms with Crippen LogP contribution in [0.25, 0.3) is 0 Å². The fourth-order valence-corrected chi connectivity index (χ4v) is 2.29. The average molecular weight is 327 g/mol. The van der Waals surface area contributed by atoms with Crippen molar-refractivity contribution < 1.29 is 4.74 Å². The van der Waals surface area contributed by atoms with Crippen molar-refractivity contribution >= 4 is 40.1 Å². The first-order valence-electron chi connectivity index (χ1n) is 5.73. The van der Waals surface area contributed by atoms with Gasteiger partial charge in [-0.25, -0.2) is 0 Å². The van der Waals surface area contributed by atoms with Gasteiger partial charge in [0.2, 0.25) is 0 Å². The van der Waals surface area contributed by atoms with E-state index in [1.54, 1.807) is 18.2 Å². The number of amidine groups is 1. The lowest BCUT2D eigenvalue weighted by Gasteiger charge is -2.07. The molecule has 0 amide bonds. The average Bonchev–Trinajstić information content (AvgIpc) is 2.42. The summed E-state index contributed by atoms with van der Waals surface area (Å²) in [5.74, 6) is 2.01. The number of nitrogens with two attached hydrogens (primary N) is 1. The van der Waals surface area contributed by atoms with Crippen molar-refractivity contribution in [2.45, 2.75) is 5.75 Å². The van der Waals surface area contributed by atoms with E-state index in [-0.39, 0.29) is 5.17 Å². The van der Waals surface area contributed by atoms with E-state index in [1.165, 1.54) is 11.8 Å². The maximum Gasteiger partial charge on any atom is 0.151 e. The summed E-state index contributed by atoms with van der Waals surface area (Å²) in [5.41, 5.74) is 6.37. The zero-order chi connectivity index (χ0) is 14.5. The van der Waals surface area contributed by atoms with Crippen LogP contribution in [0.4, 0.5) is 0 Å². The Balaban J connectivity index is 2.02. The Bertz CT molecular complexity index is 617. The summed E-state index contributed by atoms with van der Waals surface area (Å²) in [6.07, 6.45) is 0. The Kier molecular flexibility index (Phi) is 5.17. The lowest BCUT2D eigenvalue weighted by atomic mass is 10.2. The second-order valence-corrected chi connectivity index (χ2v) is 5.81. The minimum Gasteiger partial charge on any atom is -0.457 e. The van der Waals surface area contributed by atoms with Gasteiger partial charge in [-0.05, 0) is 29.8 Å². The molecular formula is C14H12Cl2N2OS. The van der Waals surface area contributed by atoms with Gasteiger partial charge >= 0.3 is 0 Å². The molecule has 2 rings (SSSR count). The molecule has 20 heavy (non-hydrogen) atoms. The second-order valence-electron chi connectivity index (χ2n) is 3.97. The highest BCUT2D eigenvalue weighted by atomic mass is 35.5. The summed E-state index contributed by atoms with van der Waals surface area (Å²) >= 11 is 13.1. The third-order valence-electron chi connectivity index (χ3n) is 2.44. The lowest BCUT2D eigenvalue weighted by Crippen LogP contribution is -2.03. The van der Waals surface area contributed by atoms with Crippen molar-refractivity contribution in [1.29, 1.82) is 5.41 Å². The molecule has 0 saturated carbocycles. The first kappa shape index (κ1) is 15.0. The molecule has 0 heterocycles. The predicted octanol–water partition coefficient (Wildman–Crippen LogP) is 4.91. The third kappa shape index (κ3) is 4.34. The summed E-state index contributed by atoms with van der Waals surface area (Å²) in [6, 6.07) is 12.7. The van der Waals surface area contributed by atoms with Crippen molar-refractivity contribution in [2.24, 2.45) is 5.73 Å². The normalized spacial score (nSPS) is 10.3. The molecule has 2 aromatic rings. The van der Waals surface area contributed by atoms with Gasteiger partial charge in [0.1, 0.15) is 11.5 Å². The number of halogens is 2. The van der Waals surface area contributed by atoms with Crippen molar-refractivity contribution in [2.75, 3.05) is 0 Å². The van der Waals surface area contributed by atoms with E-state index in [4.69, 9.17) is 39.1 Å². The summed E-state index contributed by atoms with van der Waals surface area (Å²) in [4.78, 5) is 0. The highest BCUT2D eigenvalue weighted by Gasteiger charge is 2.02. The molecule has 0 spiro atoms. The highest BCUT2D eigenvalue weighted by Crippen LogP contribution is 2.29. The van der Waals surface area contributed by atoms with E-state index in [0.29, 0.717) is 27.3 Å². The largest absolute Gasteiger partial charge is 0.457 e. The van der Waals surface area contributed by atoms with Crippen LogP contribution in [0.2, 0.25) is 10.0 Å². The molecule has 0 fully saturated rings. The first-order chi connectivity index (χ1) is 9.54. The highest BCUT2D eigenvalue weighted by molar-refractivity contribution is 8.13. The van der Waals surface area contributed by atoms with E-state index in [1.807, 2.05) is 24.3 Å². The van der Waals surface area contributed by atoms with Gasteiger partial charge in [-0.15, -0.1) is 0 Å². The third-order valence-corrected chi connectivity index (χ3v) is 3.97. The minimum absolute atomic E-state index is 0.112. The molecular weight excluding hydrogens is 315 g/mol. The number of rotatable bonds is 4. The predicted molar refractivity (Wildman–Crippen MR) is 86.2 cm³/mol. The maximum absolute atomic E-state index is 7.16. The monoisotopic (exact) mass is 326 g/mol. The van der Waals surface area contributed by atoms with Crippen LogP contribution < -0.4 is 10.5 Å². The number of thioether (sulfide) groups is 1. The standard InChI is InChI=1S/C14H12Cl2N2OS/c15-12-6-5-11(7-13(12)16)19-10-3-1-9(2-4-10)8-20-14(17)18/h1-7H,8H2,(H3,17,18). The van der Waals surface area contributed by atoms with Gasteiger partial charge in [0.25, 0.3) is 0 Å². The van der Waals surface area contributed by atoms with Crippen molar-refractivity contribution in [3.05, 3.63) is 58.1 Å². The number of nitrogens with one attached hydrogen (secondary N) is 1. The van der Waals surface area contributed by atoms with Crippen molar-refractivity contribution in [1.82, 2.24) is 0 Å². The molecule has 0 aliphatic carbocycles. The first-order valence-corrected chi connectivity index (χ1v) is 7.47. The molecule has 2 aromatic carbocycles. The van der Waals surface area contributed by atoms with Gasteiger partial charge in [-0.1, -0.05) is 47.1 Å². The van der Waals surface area contributed by atoms with Crippen LogP contribution in [0.1, 0.15) is 5.56 Å². The van der Waals surface area contributed by atoms with Crippen LogP contribution >= 0.6 is 35.0 Å². The van der Waals surface area contributed by atoms with E-state index in [2.05, 4.69) is 0 Å². The molecule has 0 radical (unpaired) electrons.